The van der Waals surface area contributed by atoms with Crippen molar-refractivity contribution in [3.8, 4) is 0 Å². The number of carboxylic acids is 1. The quantitative estimate of drug-likeness (QED) is 0.875. The molecule has 1 N–H and O–H groups in total. The highest BCUT2D eigenvalue weighted by Crippen LogP contribution is 2.22. The molecule has 2 aromatic rings. The van der Waals surface area contributed by atoms with Crippen molar-refractivity contribution in [1.29, 1.82) is 0 Å². The Balaban J connectivity index is 1.75. The molecule has 124 valence electrons. The number of nitrogens with zero attached hydrogens (tertiary/aromatic N) is 1. The Morgan fingerprint density at radius 1 is 1.17 bits per heavy atom. The molecule has 0 saturated heterocycles. The van der Waals surface area contributed by atoms with Crippen LogP contribution in [0.2, 0.25) is 0 Å². The van der Waals surface area contributed by atoms with Crippen molar-refractivity contribution >= 4 is 27.8 Å². The zero-order chi connectivity index (χ0) is 17.3. The van der Waals surface area contributed by atoms with Gasteiger partial charge in [-0.3, -0.25) is 4.79 Å². The lowest BCUT2D eigenvalue weighted by Gasteiger charge is -2.29. The van der Waals surface area contributed by atoms with Gasteiger partial charge < -0.3 is 10.0 Å². The SMILES string of the molecule is Cc1cc(Br)ccc1CC(=O)N1CCc2ccc(C(=O)O)cc2C1. The van der Waals surface area contributed by atoms with E-state index in [9.17, 15) is 9.59 Å². The summed E-state index contributed by atoms with van der Waals surface area (Å²) in [6.45, 7) is 3.15. The van der Waals surface area contributed by atoms with Crippen molar-refractivity contribution in [1.82, 2.24) is 4.90 Å². The van der Waals surface area contributed by atoms with E-state index >= 15 is 0 Å². The summed E-state index contributed by atoms with van der Waals surface area (Å²) in [4.78, 5) is 25.6. The van der Waals surface area contributed by atoms with Gasteiger partial charge in [-0.05, 0) is 59.9 Å². The van der Waals surface area contributed by atoms with Crippen LogP contribution in [0, 0.1) is 6.92 Å². The van der Waals surface area contributed by atoms with Gasteiger partial charge in [-0.25, -0.2) is 4.79 Å². The van der Waals surface area contributed by atoms with Crippen molar-refractivity contribution in [3.05, 3.63) is 68.7 Å². The lowest BCUT2D eigenvalue weighted by Crippen LogP contribution is -2.37. The normalized spacial score (nSPS) is 13.5. The molecule has 1 amide bonds. The van der Waals surface area contributed by atoms with Crippen LogP contribution in [0.3, 0.4) is 0 Å². The molecule has 0 radical (unpaired) electrons. The number of halogens is 1. The maximum absolute atomic E-state index is 12.6. The molecule has 0 fully saturated rings. The minimum atomic E-state index is -0.938. The Bertz CT molecular complexity index is 816. The molecule has 0 aliphatic carbocycles. The average molecular weight is 388 g/mol. The maximum Gasteiger partial charge on any atom is 0.335 e. The van der Waals surface area contributed by atoms with Gasteiger partial charge in [0.2, 0.25) is 5.91 Å². The first-order valence-electron chi connectivity index (χ1n) is 7.82. The minimum Gasteiger partial charge on any atom is -0.478 e. The van der Waals surface area contributed by atoms with Gasteiger partial charge in [0.15, 0.2) is 0 Å². The van der Waals surface area contributed by atoms with Crippen molar-refractivity contribution in [2.24, 2.45) is 0 Å². The second kappa shape index (κ2) is 6.77. The van der Waals surface area contributed by atoms with Crippen molar-refractivity contribution < 1.29 is 14.7 Å². The molecule has 1 heterocycles. The third-order valence-corrected chi connectivity index (χ3v) is 4.96. The summed E-state index contributed by atoms with van der Waals surface area (Å²) in [5.41, 5.74) is 4.44. The van der Waals surface area contributed by atoms with E-state index in [2.05, 4.69) is 15.9 Å². The Labute approximate surface area is 149 Å². The van der Waals surface area contributed by atoms with E-state index in [-0.39, 0.29) is 11.5 Å². The molecule has 0 aromatic heterocycles. The van der Waals surface area contributed by atoms with Gasteiger partial charge in [-0.1, -0.05) is 28.1 Å². The molecule has 2 aromatic carbocycles. The molecular weight excluding hydrogens is 370 g/mol. The van der Waals surface area contributed by atoms with Gasteiger partial charge in [-0.2, -0.15) is 0 Å². The summed E-state index contributed by atoms with van der Waals surface area (Å²) in [5, 5.41) is 9.12. The molecule has 4 nitrogen and oxygen atoms in total. The van der Waals surface area contributed by atoms with E-state index in [1.807, 2.05) is 36.1 Å². The third kappa shape index (κ3) is 3.51. The van der Waals surface area contributed by atoms with E-state index in [0.717, 1.165) is 33.1 Å². The summed E-state index contributed by atoms with van der Waals surface area (Å²) >= 11 is 3.43. The summed E-state index contributed by atoms with van der Waals surface area (Å²) in [7, 11) is 0. The molecule has 0 atom stereocenters. The summed E-state index contributed by atoms with van der Waals surface area (Å²) < 4.78 is 1.00. The van der Waals surface area contributed by atoms with Crippen LogP contribution in [0.25, 0.3) is 0 Å². The number of carbonyl (C=O) groups is 2. The van der Waals surface area contributed by atoms with Crippen LogP contribution in [-0.2, 0) is 24.2 Å². The zero-order valence-corrected chi connectivity index (χ0v) is 15.0. The molecule has 0 saturated carbocycles. The van der Waals surface area contributed by atoms with Crippen LogP contribution in [-0.4, -0.2) is 28.4 Å². The second-order valence-electron chi connectivity index (χ2n) is 6.10. The van der Waals surface area contributed by atoms with Gasteiger partial charge in [0.25, 0.3) is 0 Å². The molecule has 5 heteroatoms. The highest BCUT2D eigenvalue weighted by Gasteiger charge is 2.22. The monoisotopic (exact) mass is 387 g/mol. The standard InChI is InChI=1S/C19H18BrNO3/c1-12-8-17(20)5-4-14(12)10-18(22)21-7-6-13-2-3-15(19(23)24)9-16(13)11-21/h2-5,8-9H,6-7,10-11H2,1H3,(H,23,24). The van der Waals surface area contributed by atoms with Gasteiger partial charge >= 0.3 is 5.97 Å². The third-order valence-electron chi connectivity index (χ3n) is 4.46. The first-order chi connectivity index (χ1) is 11.4. The Kier molecular flexibility index (Phi) is 4.71. The fourth-order valence-corrected chi connectivity index (χ4v) is 3.51. The largest absolute Gasteiger partial charge is 0.478 e. The van der Waals surface area contributed by atoms with E-state index in [1.54, 1.807) is 12.1 Å². The number of carboxylic acid groups (broad SMARTS) is 1. The summed E-state index contributed by atoms with van der Waals surface area (Å²) in [6, 6.07) is 11.1. The fraction of sp³-hybridized carbons (Fsp3) is 0.263. The Morgan fingerprint density at radius 3 is 2.67 bits per heavy atom. The number of benzene rings is 2. The van der Waals surface area contributed by atoms with Gasteiger partial charge in [0.05, 0.1) is 12.0 Å². The minimum absolute atomic E-state index is 0.0757. The number of aromatic carboxylic acids is 1. The molecule has 0 bridgehead atoms. The Morgan fingerprint density at radius 2 is 1.96 bits per heavy atom. The van der Waals surface area contributed by atoms with Crippen molar-refractivity contribution in [2.45, 2.75) is 26.3 Å². The highest BCUT2D eigenvalue weighted by atomic mass is 79.9. The number of carbonyl (C=O) groups excluding carboxylic acids is 1. The van der Waals surface area contributed by atoms with Gasteiger partial charge in [0.1, 0.15) is 0 Å². The molecule has 0 spiro atoms. The Hall–Kier alpha value is -2.14. The van der Waals surface area contributed by atoms with Crippen LogP contribution in [0.5, 0.6) is 0 Å². The molecular formula is C19H18BrNO3. The van der Waals surface area contributed by atoms with E-state index in [0.29, 0.717) is 19.5 Å². The number of aryl methyl sites for hydroxylation is 1. The van der Waals surface area contributed by atoms with Gasteiger partial charge in [0, 0.05) is 17.6 Å². The number of hydrogen-bond donors (Lipinski definition) is 1. The van der Waals surface area contributed by atoms with Crippen LogP contribution in [0.1, 0.15) is 32.6 Å². The predicted molar refractivity (Wildman–Crippen MR) is 95.1 cm³/mol. The number of amides is 1. The number of fused-ring (bicyclic) bond motifs is 1. The van der Waals surface area contributed by atoms with Crippen LogP contribution in [0.4, 0.5) is 0 Å². The fourth-order valence-electron chi connectivity index (χ4n) is 3.04. The maximum atomic E-state index is 12.6. The smallest absolute Gasteiger partial charge is 0.335 e. The lowest BCUT2D eigenvalue weighted by molar-refractivity contribution is -0.131. The molecule has 3 rings (SSSR count). The van der Waals surface area contributed by atoms with Gasteiger partial charge in [-0.15, -0.1) is 0 Å². The van der Waals surface area contributed by atoms with E-state index in [4.69, 9.17) is 5.11 Å². The number of hydrogen-bond acceptors (Lipinski definition) is 2. The van der Waals surface area contributed by atoms with Crippen molar-refractivity contribution in [2.75, 3.05) is 6.54 Å². The molecule has 1 aliphatic rings. The summed E-state index contributed by atoms with van der Waals surface area (Å²) in [5.74, 6) is -0.862. The van der Waals surface area contributed by atoms with E-state index < -0.39 is 5.97 Å². The highest BCUT2D eigenvalue weighted by molar-refractivity contribution is 9.10. The average Bonchev–Trinajstić information content (AvgIpc) is 2.56. The predicted octanol–water partition coefficient (Wildman–Crippen LogP) is 3.58. The van der Waals surface area contributed by atoms with Crippen LogP contribution < -0.4 is 0 Å². The van der Waals surface area contributed by atoms with Crippen LogP contribution >= 0.6 is 15.9 Å². The topological polar surface area (TPSA) is 57.6 Å². The first-order valence-corrected chi connectivity index (χ1v) is 8.61. The van der Waals surface area contributed by atoms with Crippen molar-refractivity contribution in [3.63, 3.8) is 0 Å². The first kappa shape index (κ1) is 16.7. The van der Waals surface area contributed by atoms with E-state index in [1.165, 1.54) is 0 Å². The molecule has 1 aliphatic heterocycles. The summed E-state index contributed by atoms with van der Waals surface area (Å²) in [6.07, 6.45) is 1.13. The lowest BCUT2D eigenvalue weighted by atomic mass is 9.96. The van der Waals surface area contributed by atoms with Crippen LogP contribution in [0.15, 0.2) is 40.9 Å². The second-order valence-corrected chi connectivity index (χ2v) is 7.02. The number of rotatable bonds is 3. The molecule has 24 heavy (non-hydrogen) atoms. The molecule has 0 unspecified atom stereocenters. The zero-order valence-electron chi connectivity index (χ0n) is 13.4.